The zero-order chi connectivity index (χ0) is 12.9. The van der Waals surface area contributed by atoms with Crippen molar-refractivity contribution in [2.75, 3.05) is 25.7 Å². The van der Waals surface area contributed by atoms with Gasteiger partial charge >= 0.3 is 10.0 Å². The number of alkyl halides is 1. The molecule has 3 nitrogen and oxygen atoms in total. The molecule has 0 N–H and O–H groups in total. The van der Waals surface area contributed by atoms with Gasteiger partial charge in [-0.3, -0.25) is 0 Å². The summed E-state index contributed by atoms with van der Waals surface area (Å²) >= 11 is 5.45. The Bertz CT molecular complexity index is 125. The van der Waals surface area contributed by atoms with Crippen molar-refractivity contribution in [2.45, 2.75) is 46.6 Å². The lowest BCUT2D eigenvalue weighted by molar-refractivity contribution is -0.00206. The van der Waals surface area contributed by atoms with Crippen LogP contribution in [0.25, 0.3) is 0 Å². The minimum Gasteiger partial charge on any atom is -0.399 e. The fourth-order valence-corrected chi connectivity index (χ4v) is 1.22. The SMILES string of the molecule is CC(C)(C)OCCCCl.CCO[SiH2]OCC. The van der Waals surface area contributed by atoms with E-state index in [0.29, 0.717) is 5.88 Å². The average Bonchev–Trinajstić information content (AvgIpc) is 2.18. The van der Waals surface area contributed by atoms with Gasteiger partial charge in [0.2, 0.25) is 0 Å². The van der Waals surface area contributed by atoms with Gasteiger partial charge in [0.15, 0.2) is 0 Å². The van der Waals surface area contributed by atoms with E-state index in [1.807, 2.05) is 34.6 Å². The molecular formula is C11H27ClO3Si. The highest BCUT2D eigenvalue weighted by Crippen LogP contribution is 2.06. The molecular weight excluding hydrogens is 244 g/mol. The summed E-state index contributed by atoms with van der Waals surface area (Å²) < 4.78 is 15.4. The van der Waals surface area contributed by atoms with Gasteiger partial charge in [0.05, 0.1) is 5.60 Å². The molecule has 0 rings (SSSR count). The first-order chi connectivity index (χ1) is 7.47. The molecule has 0 bridgehead atoms. The van der Waals surface area contributed by atoms with E-state index in [0.717, 1.165) is 26.2 Å². The van der Waals surface area contributed by atoms with Crippen molar-refractivity contribution in [1.82, 2.24) is 0 Å². The second kappa shape index (κ2) is 13.5. The van der Waals surface area contributed by atoms with E-state index in [2.05, 4.69) is 0 Å². The second-order valence-corrected chi connectivity index (χ2v) is 5.54. The van der Waals surface area contributed by atoms with Crippen LogP contribution in [-0.2, 0) is 13.6 Å². The van der Waals surface area contributed by atoms with E-state index in [1.54, 1.807) is 0 Å². The number of rotatable bonds is 7. The normalized spacial score (nSPS) is 10.9. The van der Waals surface area contributed by atoms with Crippen LogP contribution < -0.4 is 0 Å². The van der Waals surface area contributed by atoms with E-state index < -0.39 is 10.0 Å². The van der Waals surface area contributed by atoms with Crippen molar-refractivity contribution in [1.29, 1.82) is 0 Å². The summed E-state index contributed by atoms with van der Waals surface area (Å²) in [6.45, 7) is 12.5. The summed E-state index contributed by atoms with van der Waals surface area (Å²) in [6, 6.07) is 0. The third kappa shape index (κ3) is 23.9. The Morgan fingerprint density at radius 2 is 1.56 bits per heavy atom. The molecule has 0 aliphatic heterocycles. The molecule has 0 aromatic carbocycles. The summed E-state index contributed by atoms with van der Waals surface area (Å²) in [5, 5.41) is 0. The number of hydrogen-bond acceptors (Lipinski definition) is 3. The van der Waals surface area contributed by atoms with Gasteiger partial charge in [-0.05, 0) is 41.0 Å². The van der Waals surface area contributed by atoms with Gasteiger partial charge in [0, 0.05) is 25.7 Å². The Balaban J connectivity index is 0. The molecule has 0 atom stereocenters. The van der Waals surface area contributed by atoms with Crippen LogP contribution in [0.3, 0.4) is 0 Å². The molecule has 0 saturated carbocycles. The third-order valence-electron chi connectivity index (χ3n) is 1.39. The summed E-state index contributed by atoms with van der Waals surface area (Å²) in [6.07, 6.45) is 0.943. The maximum atomic E-state index is 5.45. The molecule has 5 heteroatoms. The molecule has 0 heterocycles. The maximum Gasteiger partial charge on any atom is 0.304 e. The topological polar surface area (TPSA) is 27.7 Å². The Kier molecular flexibility index (Phi) is 15.8. The molecule has 16 heavy (non-hydrogen) atoms. The quantitative estimate of drug-likeness (QED) is 0.404. The molecule has 0 amide bonds. The van der Waals surface area contributed by atoms with Crippen LogP contribution in [0.5, 0.6) is 0 Å². The van der Waals surface area contributed by atoms with Gasteiger partial charge in [-0.1, -0.05) is 0 Å². The van der Waals surface area contributed by atoms with Crippen LogP contribution >= 0.6 is 11.6 Å². The van der Waals surface area contributed by atoms with E-state index in [4.69, 9.17) is 25.2 Å². The van der Waals surface area contributed by atoms with E-state index >= 15 is 0 Å². The lowest BCUT2D eigenvalue weighted by atomic mass is 10.2. The van der Waals surface area contributed by atoms with Gasteiger partial charge in [0.1, 0.15) is 0 Å². The minimum absolute atomic E-state index is 0.00788. The van der Waals surface area contributed by atoms with Crippen LogP contribution in [0.1, 0.15) is 41.0 Å². The van der Waals surface area contributed by atoms with Gasteiger partial charge < -0.3 is 13.6 Å². The Labute approximate surface area is 108 Å². The average molecular weight is 271 g/mol. The monoisotopic (exact) mass is 270 g/mol. The third-order valence-corrected chi connectivity index (χ3v) is 2.81. The highest BCUT2D eigenvalue weighted by molar-refractivity contribution is 6.18. The van der Waals surface area contributed by atoms with E-state index in [9.17, 15) is 0 Å². The van der Waals surface area contributed by atoms with Crippen molar-refractivity contribution in [3.63, 3.8) is 0 Å². The van der Waals surface area contributed by atoms with Crippen LogP contribution in [0.2, 0.25) is 0 Å². The Hall–Kier alpha value is 0.387. The predicted molar refractivity (Wildman–Crippen MR) is 72.8 cm³/mol. The highest BCUT2D eigenvalue weighted by atomic mass is 35.5. The zero-order valence-electron chi connectivity index (χ0n) is 11.3. The van der Waals surface area contributed by atoms with Gasteiger partial charge in [-0.25, -0.2) is 0 Å². The lowest BCUT2D eigenvalue weighted by Gasteiger charge is -2.18. The maximum absolute atomic E-state index is 5.45. The fraction of sp³-hybridized carbons (Fsp3) is 1.00. The first kappa shape index (κ1) is 18.7. The van der Waals surface area contributed by atoms with Crippen molar-refractivity contribution < 1.29 is 13.6 Å². The van der Waals surface area contributed by atoms with Crippen molar-refractivity contribution >= 4 is 21.6 Å². The van der Waals surface area contributed by atoms with Gasteiger partial charge in [0.25, 0.3) is 0 Å². The van der Waals surface area contributed by atoms with Crippen molar-refractivity contribution in [3.8, 4) is 0 Å². The highest BCUT2D eigenvalue weighted by Gasteiger charge is 2.08. The van der Waals surface area contributed by atoms with Crippen LogP contribution in [-0.4, -0.2) is 41.3 Å². The largest absolute Gasteiger partial charge is 0.399 e. The predicted octanol–water partition coefficient (Wildman–Crippen LogP) is 2.49. The van der Waals surface area contributed by atoms with Crippen LogP contribution in [0.4, 0.5) is 0 Å². The minimum atomic E-state index is -0.589. The number of halogens is 1. The van der Waals surface area contributed by atoms with Crippen LogP contribution in [0, 0.1) is 0 Å². The molecule has 0 aromatic rings. The molecule has 0 saturated heterocycles. The number of ether oxygens (including phenoxy) is 1. The fourth-order valence-electron chi connectivity index (χ4n) is 0.659. The first-order valence-corrected chi connectivity index (χ1v) is 7.52. The van der Waals surface area contributed by atoms with Crippen molar-refractivity contribution in [2.24, 2.45) is 0 Å². The van der Waals surface area contributed by atoms with E-state index in [-0.39, 0.29) is 5.60 Å². The molecule has 0 fully saturated rings. The van der Waals surface area contributed by atoms with Gasteiger partial charge in [-0.2, -0.15) is 0 Å². The molecule has 0 spiro atoms. The molecule has 100 valence electrons. The Morgan fingerprint density at radius 3 is 1.88 bits per heavy atom. The van der Waals surface area contributed by atoms with Crippen molar-refractivity contribution in [3.05, 3.63) is 0 Å². The first-order valence-electron chi connectivity index (χ1n) is 5.83. The molecule has 0 aliphatic carbocycles. The van der Waals surface area contributed by atoms with Crippen LogP contribution in [0.15, 0.2) is 0 Å². The summed E-state index contributed by atoms with van der Waals surface area (Å²) in [7, 11) is -0.589. The summed E-state index contributed by atoms with van der Waals surface area (Å²) in [5.41, 5.74) is -0.00788. The summed E-state index contributed by atoms with van der Waals surface area (Å²) in [5.74, 6) is 0.691. The van der Waals surface area contributed by atoms with Gasteiger partial charge in [-0.15, -0.1) is 11.6 Å². The standard InChI is InChI=1S/C7H15ClO.C4H12O2Si/c1-7(2,3)9-6-4-5-8;1-3-5-7-6-4-2/h4-6H2,1-3H3;3-4,7H2,1-2H3. The summed E-state index contributed by atoms with van der Waals surface area (Å²) in [4.78, 5) is 0. The Morgan fingerprint density at radius 1 is 1.06 bits per heavy atom. The number of hydrogen-bond donors (Lipinski definition) is 0. The van der Waals surface area contributed by atoms with E-state index in [1.165, 1.54) is 0 Å². The molecule has 0 aliphatic rings. The molecule has 0 radical (unpaired) electrons. The smallest absolute Gasteiger partial charge is 0.304 e. The zero-order valence-corrected chi connectivity index (χ0v) is 13.5. The molecule has 0 unspecified atom stereocenters. The molecule has 0 aromatic heterocycles. The lowest BCUT2D eigenvalue weighted by Crippen LogP contribution is -2.19. The second-order valence-electron chi connectivity index (χ2n) is 4.11.